The molecule has 3 rings (SSSR count). The monoisotopic (exact) mass is 468 g/mol. The van der Waals surface area contributed by atoms with E-state index in [1.807, 2.05) is 16.9 Å². The maximum absolute atomic E-state index is 4.33. The Morgan fingerprint density at radius 2 is 2.08 bits per heavy atom. The van der Waals surface area contributed by atoms with Gasteiger partial charge in [-0.15, -0.1) is 24.0 Å². The van der Waals surface area contributed by atoms with Crippen molar-refractivity contribution in [3.63, 3.8) is 0 Å². The van der Waals surface area contributed by atoms with Gasteiger partial charge in [0.05, 0.1) is 12.6 Å². The smallest absolute Gasteiger partial charge is 0.191 e. The van der Waals surface area contributed by atoms with Gasteiger partial charge in [-0.3, -0.25) is 9.67 Å². The van der Waals surface area contributed by atoms with E-state index in [1.165, 1.54) is 37.2 Å². The Morgan fingerprint density at radius 3 is 2.77 bits per heavy atom. The van der Waals surface area contributed by atoms with Gasteiger partial charge in [-0.25, -0.2) is 0 Å². The van der Waals surface area contributed by atoms with E-state index in [1.54, 1.807) is 13.2 Å². The molecular formula is C19H29IN6. The predicted molar refractivity (Wildman–Crippen MR) is 118 cm³/mol. The highest BCUT2D eigenvalue weighted by atomic mass is 127. The first-order valence-electron chi connectivity index (χ1n) is 9.06. The lowest BCUT2D eigenvalue weighted by atomic mass is 10.1. The Morgan fingerprint density at radius 1 is 1.27 bits per heavy atom. The largest absolute Gasteiger partial charge is 0.372 e. The quantitative estimate of drug-likeness (QED) is 0.389. The predicted octanol–water partition coefficient (Wildman–Crippen LogP) is 3.03. The second-order valence-electron chi connectivity index (χ2n) is 6.42. The van der Waals surface area contributed by atoms with E-state index in [0.717, 1.165) is 19.0 Å². The summed E-state index contributed by atoms with van der Waals surface area (Å²) in [7, 11) is 1.80. The molecule has 2 aromatic rings. The molecule has 0 aliphatic carbocycles. The normalized spacial score (nSPS) is 15.5. The van der Waals surface area contributed by atoms with Gasteiger partial charge in [-0.2, -0.15) is 5.10 Å². The van der Waals surface area contributed by atoms with Crippen LogP contribution in [0.15, 0.2) is 47.7 Å². The van der Waals surface area contributed by atoms with Crippen molar-refractivity contribution in [1.82, 2.24) is 20.4 Å². The third-order valence-electron chi connectivity index (χ3n) is 4.61. The standard InChI is InChI=1S/C19H28N6.HI/c1-16(17-7-5-8-18(15-17)24-11-3-4-12-24)23-19(20-2)21-10-14-25-13-6-9-22-25;/h5-9,13,15-16H,3-4,10-12,14H2,1-2H3,(H2,20,21,23);1H. The first-order chi connectivity index (χ1) is 12.3. The van der Waals surface area contributed by atoms with Gasteiger partial charge in [0.15, 0.2) is 5.96 Å². The number of hydrogen-bond donors (Lipinski definition) is 2. The van der Waals surface area contributed by atoms with Crippen LogP contribution in [-0.2, 0) is 6.54 Å². The summed E-state index contributed by atoms with van der Waals surface area (Å²) in [5, 5.41) is 11.0. The lowest BCUT2D eigenvalue weighted by molar-refractivity contribution is 0.591. The summed E-state index contributed by atoms with van der Waals surface area (Å²) in [6, 6.07) is 10.9. The highest BCUT2D eigenvalue weighted by Gasteiger charge is 2.14. The summed E-state index contributed by atoms with van der Waals surface area (Å²) < 4.78 is 1.91. The Bertz CT molecular complexity index is 679. The van der Waals surface area contributed by atoms with Crippen LogP contribution in [0.3, 0.4) is 0 Å². The number of nitrogens with one attached hydrogen (secondary N) is 2. The fourth-order valence-corrected chi connectivity index (χ4v) is 3.17. The van der Waals surface area contributed by atoms with E-state index in [9.17, 15) is 0 Å². The van der Waals surface area contributed by atoms with Crippen molar-refractivity contribution in [1.29, 1.82) is 0 Å². The van der Waals surface area contributed by atoms with Gasteiger partial charge >= 0.3 is 0 Å². The fourth-order valence-electron chi connectivity index (χ4n) is 3.17. The number of halogens is 1. The molecule has 1 fully saturated rings. The van der Waals surface area contributed by atoms with Gasteiger partial charge in [0.1, 0.15) is 0 Å². The van der Waals surface area contributed by atoms with Gasteiger partial charge in [0.2, 0.25) is 0 Å². The summed E-state index contributed by atoms with van der Waals surface area (Å²) in [6.45, 7) is 6.10. The number of hydrogen-bond acceptors (Lipinski definition) is 3. The third kappa shape index (κ3) is 5.62. The van der Waals surface area contributed by atoms with E-state index in [0.29, 0.717) is 0 Å². The summed E-state index contributed by atoms with van der Waals surface area (Å²) in [6.07, 6.45) is 6.35. The van der Waals surface area contributed by atoms with Crippen LogP contribution in [0.1, 0.15) is 31.4 Å². The Labute approximate surface area is 173 Å². The molecule has 1 atom stereocenters. The molecule has 1 aromatic carbocycles. The fraction of sp³-hybridized carbons (Fsp3) is 0.474. The van der Waals surface area contributed by atoms with E-state index < -0.39 is 0 Å². The van der Waals surface area contributed by atoms with Gasteiger partial charge < -0.3 is 15.5 Å². The molecule has 0 bridgehead atoms. The summed E-state index contributed by atoms with van der Waals surface area (Å²) in [5.41, 5.74) is 2.60. The zero-order valence-electron chi connectivity index (χ0n) is 15.6. The summed E-state index contributed by atoms with van der Waals surface area (Å²) in [4.78, 5) is 6.79. The molecule has 0 amide bonds. The minimum absolute atomic E-state index is 0. The average molecular weight is 468 g/mol. The molecule has 1 unspecified atom stereocenters. The maximum Gasteiger partial charge on any atom is 0.191 e. The molecule has 1 aliphatic rings. The number of benzene rings is 1. The van der Waals surface area contributed by atoms with Crippen molar-refractivity contribution in [2.45, 2.75) is 32.4 Å². The van der Waals surface area contributed by atoms with Crippen LogP contribution in [-0.4, -0.2) is 42.4 Å². The van der Waals surface area contributed by atoms with Crippen molar-refractivity contribution in [3.8, 4) is 0 Å². The summed E-state index contributed by atoms with van der Waals surface area (Å²) >= 11 is 0. The molecule has 1 aliphatic heterocycles. The number of aliphatic imine (C=N–C) groups is 1. The third-order valence-corrected chi connectivity index (χ3v) is 4.61. The molecule has 26 heavy (non-hydrogen) atoms. The van der Waals surface area contributed by atoms with Gasteiger partial charge in [0.25, 0.3) is 0 Å². The van der Waals surface area contributed by atoms with E-state index >= 15 is 0 Å². The molecule has 1 aromatic heterocycles. The SMILES string of the molecule is CN=C(NCCn1cccn1)NC(C)c1cccc(N2CCCC2)c1.I. The maximum atomic E-state index is 4.33. The number of anilines is 1. The van der Waals surface area contributed by atoms with E-state index in [4.69, 9.17) is 0 Å². The highest BCUT2D eigenvalue weighted by Crippen LogP contribution is 2.23. The van der Waals surface area contributed by atoms with Crippen molar-refractivity contribution in [2.24, 2.45) is 4.99 Å². The first-order valence-corrected chi connectivity index (χ1v) is 9.06. The summed E-state index contributed by atoms with van der Waals surface area (Å²) in [5.74, 6) is 0.811. The molecule has 6 nitrogen and oxygen atoms in total. The molecule has 7 heteroatoms. The lowest BCUT2D eigenvalue weighted by Gasteiger charge is -2.22. The molecule has 1 saturated heterocycles. The highest BCUT2D eigenvalue weighted by molar-refractivity contribution is 14.0. The van der Waals surface area contributed by atoms with Crippen LogP contribution in [0.5, 0.6) is 0 Å². The molecule has 0 spiro atoms. The van der Waals surface area contributed by atoms with Crippen LogP contribution in [0, 0.1) is 0 Å². The van der Waals surface area contributed by atoms with Gasteiger partial charge in [-0.05, 0) is 43.5 Å². The Kier molecular flexibility index (Phi) is 8.21. The van der Waals surface area contributed by atoms with Crippen LogP contribution >= 0.6 is 24.0 Å². The minimum atomic E-state index is 0. The van der Waals surface area contributed by atoms with Gasteiger partial charge in [-0.1, -0.05) is 12.1 Å². The molecule has 142 valence electrons. The molecule has 0 radical (unpaired) electrons. The number of rotatable bonds is 6. The van der Waals surface area contributed by atoms with E-state index in [-0.39, 0.29) is 30.0 Å². The number of nitrogens with zero attached hydrogens (tertiary/aromatic N) is 4. The van der Waals surface area contributed by atoms with Crippen molar-refractivity contribution < 1.29 is 0 Å². The minimum Gasteiger partial charge on any atom is -0.372 e. The first kappa shape index (κ1) is 20.5. The van der Waals surface area contributed by atoms with Gasteiger partial charge in [0, 0.05) is 44.8 Å². The Balaban J connectivity index is 0.00000243. The molecule has 2 N–H and O–H groups in total. The van der Waals surface area contributed by atoms with Crippen LogP contribution in [0.4, 0.5) is 5.69 Å². The topological polar surface area (TPSA) is 57.5 Å². The van der Waals surface area contributed by atoms with Crippen LogP contribution < -0.4 is 15.5 Å². The Hall–Kier alpha value is -1.77. The second kappa shape index (κ2) is 10.4. The number of guanidine groups is 1. The van der Waals surface area contributed by atoms with E-state index in [2.05, 4.69) is 56.8 Å². The molecular weight excluding hydrogens is 439 g/mol. The average Bonchev–Trinajstić information content (AvgIpc) is 3.34. The lowest BCUT2D eigenvalue weighted by Crippen LogP contribution is -2.40. The zero-order chi connectivity index (χ0) is 17.5. The second-order valence-corrected chi connectivity index (χ2v) is 6.42. The molecule has 2 heterocycles. The van der Waals surface area contributed by atoms with Crippen LogP contribution in [0.2, 0.25) is 0 Å². The number of aromatic nitrogens is 2. The zero-order valence-corrected chi connectivity index (χ0v) is 17.9. The van der Waals surface area contributed by atoms with Crippen molar-refractivity contribution >= 4 is 35.6 Å². The van der Waals surface area contributed by atoms with Crippen LogP contribution in [0.25, 0.3) is 0 Å². The molecule has 0 saturated carbocycles. The van der Waals surface area contributed by atoms with Crippen molar-refractivity contribution in [2.75, 3.05) is 31.6 Å². The van der Waals surface area contributed by atoms with Crippen molar-refractivity contribution in [3.05, 3.63) is 48.3 Å².